The number of hydrogen-bond acceptors (Lipinski definition) is 3. The predicted octanol–water partition coefficient (Wildman–Crippen LogP) is 2.11. The van der Waals surface area contributed by atoms with Gasteiger partial charge in [0, 0.05) is 18.5 Å². The Bertz CT molecular complexity index is 313. The Balaban J connectivity index is 1.84. The van der Waals surface area contributed by atoms with Gasteiger partial charge in [0.15, 0.2) is 0 Å². The van der Waals surface area contributed by atoms with E-state index in [2.05, 4.69) is 10.3 Å². The van der Waals surface area contributed by atoms with Crippen LogP contribution in [0.25, 0.3) is 0 Å². The number of aromatic nitrogens is 1. The van der Waals surface area contributed by atoms with Crippen LogP contribution >= 0.6 is 11.6 Å². The average molecular weight is 227 g/mol. The summed E-state index contributed by atoms with van der Waals surface area (Å²) >= 11 is 5.94. The zero-order valence-electron chi connectivity index (χ0n) is 8.58. The Morgan fingerprint density at radius 1 is 1.47 bits per heavy atom. The molecule has 0 radical (unpaired) electrons. The second-order valence-corrected chi connectivity index (χ2v) is 4.22. The molecule has 0 saturated carbocycles. The molecule has 0 aromatic carbocycles. The minimum absolute atomic E-state index is 0.589. The number of hydrogen-bond donors (Lipinski definition) is 1. The average Bonchev–Trinajstić information content (AvgIpc) is 2.29. The SMILES string of the molecule is Clc1cnccc1OCC1CCNCC1. The zero-order valence-corrected chi connectivity index (χ0v) is 9.33. The highest BCUT2D eigenvalue weighted by molar-refractivity contribution is 6.31. The van der Waals surface area contributed by atoms with Crippen molar-refractivity contribution in [2.45, 2.75) is 12.8 Å². The van der Waals surface area contributed by atoms with E-state index >= 15 is 0 Å². The number of rotatable bonds is 3. The van der Waals surface area contributed by atoms with Crippen molar-refractivity contribution in [1.29, 1.82) is 0 Å². The van der Waals surface area contributed by atoms with Crippen molar-refractivity contribution in [3.05, 3.63) is 23.5 Å². The van der Waals surface area contributed by atoms with Crippen molar-refractivity contribution in [2.75, 3.05) is 19.7 Å². The molecule has 2 heterocycles. The van der Waals surface area contributed by atoms with Gasteiger partial charge in [0.05, 0.1) is 6.61 Å². The summed E-state index contributed by atoms with van der Waals surface area (Å²) in [5.74, 6) is 1.39. The topological polar surface area (TPSA) is 34.1 Å². The Labute approximate surface area is 94.8 Å². The largest absolute Gasteiger partial charge is 0.492 e. The molecule has 1 N–H and O–H groups in total. The van der Waals surface area contributed by atoms with Crippen molar-refractivity contribution in [1.82, 2.24) is 10.3 Å². The molecule has 4 heteroatoms. The Morgan fingerprint density at radius 2 is 2.27 bits per heavy atom. The lowest BCUT2D eigenvalue weighted by molar-refractivity contribution is 0.215. The van der Waals surface area contributed by atoms with Crippen LogP contribution < -0.4 is 10.1 Å². The highest BCUT2D eigenvalue weighted by atomic mass is 35.5. The Hall–Kier alpha value is -0.800. The summed E-state index contributed by atoms with van der Waals surface area (Å²) in [6, 6.07) is 1.81. The summed E-state index contributed by atoms with van der Waals surface area (Å²) in [7, 11) is 0. The number of nitrogens with one attached hydrogen (secondary N) is 1. The molecule has 2 rings (SSSR count). The molecule has 1 aromatic rings. The number of nitrogens with zero attached hydrogens (tertiary/aromatic N) is 1. The first kappa shape index (κ1) is 10.7. The third-order valence-corrected chi connectivity index (χ3v) is 2.95. The maximum atomic E-state index is 5.94. The second kappa shape index (κ2) is 5.33. The lowest BCUT2D eigenvalue weighted by Crippen LogP contribution is -2.30. The molecule has 3 nitrogen and oxygen atoms in total. The molecule has 0 bridgehead atoms. The van der Waals surface area contributed by atoms with Crippen LogP contribution in [0.4, 0.5) is 0 Å². The quantitative estimate of drug-likeness (QED) is 0.857. The molecule has 1 fully saturated rings. The Morgan fingerprint density at radius 3 is 3.00 bits per heavy atom. The van der Waals surface area contributed by atoms with E-state index in [0.717, 1.165) is 25.4 Å². The van der Waals surface area contributed by atoms with E-state index in [0.29, 0.717) is 10.9 Å². The maximum Gasteiger partial charge on any atom is 0.141 e. The molecule has 0 aliphatic carbocycles. The van der Waals surface area contributed by atoms with Crippen LogP contribution in [0.3, 0.4) is 0 Å². The molecule has 1 saturated heterocycles. The van der Waals surface area contributed by atoms with Gasteiger partial charge < -0.3 is 10.1 Å². The van der Waals surface area contributed by atoms with Gasteiger partial charge in [-0.25, -0.2) is 0 Å². The molecule has 0 spiro atoms. The number of halogens is 1. The highest BCUT2D eigenvalue weighted by Crippen LogP contribution is 2.23. The summed E-state index contributed by atoms with van der Waals surface area (Å²) in [5.41, 5.74) is 0. The van der Waals surface area contributed by atoms with Gasteiger partial charge in [0.1, 0.15) is 10.8 Å². The second-order valence-electron chi connectivity index (χ2n) is 3.81. The van der Waals surface area contributed by atoms with Gasteiger partial charge >= 0.3 is 0 Å². The van der Waals surface area contributed by atoms with E-state index in [1.54, 1.807) is 12.4 Å². The zero-order chi connectivity index (χ0) is 10.5. The molecule has 82 valence electrons. The van der Waals surface area contributed by atoms with Crippen LogP contribution in [0.1, 0.15) is 12.8 Å². The molecule has 0 atom stereocenters. The Kier molecular flexibility index (Phi) is 3.80. The van der Waals surface area contributed by atoms with Crippen LogP contribution in [-0.4, -0.2) is 24.7 Å². The van der Waals surface area contributed by atoms with Gasteiger partial charge in [-0.2, -0.15) is 0 Å². The van der Waals surface area contributed by atoms with E-state index in [4.69, 9.17) is 16.3 Å². The smallest absolute Gasteiger partial charge is 0.141 e. The minimum atomic E-state index is 0.589. The van der Waals surface area contributed by atoms with E-state index < -0.39 is 0 Å². The van der Waals surface area contributed by atoms with Crippen molar-refractivity contribution in [3.8, 4) is 5.75 Å². The third kappa shape index (κ3) is 3.08. The normalized spacial score (nSPS) is 17.7. The monoisotopic (exact) mass is 226 g/mol. The first-order valence-corrected chi connectivity index (χ1v) is 5.67. The van der Waals surface area contributed by atoms with Gasteiger partial charge in [-0.15, -0.1) is 0 Å². The lowest BCUT2D eigenvalue weighted by Gasteiger charge is -2.22. The van der Waals surface area contributed by atoms with Crippen molar-refractivity contribution in [3.63, 3.8) is 0 Å². The van der Waals surface area contributed by atoms with E-state index in [1.165, 1.54) is 12.8 Å². The number of pyridine rings is 1. The van der Waals surface area contributed by atoms with Crippen LogP contribution in [-0.2, 0) is 0 Å². The standard InChI is InChI=1S/C11H15ClN2O/c12-10-7-14-6-3-11(10)15-8-9-1-4-13-5-2-9/h3,6-7,9,13H,1-2,4-5,8H2. The van der Waals surface area contributed by atoms with Gasteiger partial charge in [0.25, 0.3) is 0 Å². The third-order valence-electron chi connectivity index (χ3n) is 2.67. The molecule has 1 aliphatic heterocycles. The number of ether oxygens (including phenoxy) is 1. The fourth-order valence-electron chi connectivity index (χ4n) is 1.74. The lowest BCUT2D eigenvalue weighted by atomic mass is 9.99. The minimum Gasteiger partial charge on any atom is -0.492 e. The molecule has 15 heavy (non-hydrogen) atoms. The maximum absolute atomic E-state index is 5.94. The summed E-state index contributed by atoms with van der Waals surface area (Å²) < 4.78 is 5.68. The molecule has 0 amide bonds. The van der Waals surface area contributed by atoms with Crippen molar-refractivity contribution in [2.24, 2.45) is 5.92 Å². The molecule has 1 aliphatic rings. The van der Waals surface area contributed by atoms with Gasteiger partial charge in [0.2, 0.25) is 0 Å². The number of piperidine rings is 1. The van der Waals surface area contributed by atoms with Gasteiger partial charge in [-0.1, -0.05) is 11.6 Å². The fourth-order valence-corrected chi connectivity index (χ4v) is 1.91. The van der Waals surface area contributed by atoms with Crippen LogP contribution in [0, 0.1) is 5.92 Å². The van der Waals surface area contributed by atoms with Gasteiger partial charge in [-0.3, -0.25) is 4.98 Å². The van der Waals surface area contributed by atoms with E-state index in [1.807, 2.05) is 6.07 Å². The summed E-state index contributed by atoms with van der Waals surface area (Å²) in [4.78, 5) is 3.92. The molecule has 1 aromatic heterocycles. The van der Waals surface area contributed by atoms with E-state index in [-0.39, 0.29) is 0 Å². The summed E-state index contributed by atoms with van der Waals surface area (Å²) in [5, 5.41) is 3.92. The van der Waals surface area contributed by atoms with Gasteiger partial charge in [-0.05, 0) is 31.8 Å². The van der Waals surface area contributed by atoms with Crippen LogP contribution in [0.5, 0.6) is 5.75 Å². The fraction of sp³-hybridized carbons (Fsp3) is 0.545. The highest BCUT2D eigenvalue weighted by Gasteiger charge is 2.14. The predicted molar refractivity (Wildman–Crippen MR) is 60.3 cm³/mol. The molecular formula is C11H15ClN2O. The first-order valence-electron chi connectivity index (χ1n) is 5.29. The molecule has 0 unspecified atom stereocenters. The van der Waals surface area contributed by atoms with E-state index in [9.17, 15) is 0 Å². The summed E-state index contributed by atoms with van der Waals surface area (Å²) in [6.45, 7) is 2.95. The molecular weight excluding hydrogens is 212 g/mol. The van der Waals surface area contributed by atoms with Crippen molar-refractivity contribution >= 4 is 11.6 Å². The van der Waals surface area contributed by atoms with Crippen LogP contribution in [0.15, 0.2) is 18.5 Å². The van der Waals surface area contributed by atoms with Crippen LogP contribution in [0.2, 0.25) is 5.02 Å². The van der Waals surface area contributed by atoms with Crippen molar-refractivity contribution < 1.29 is 4.74 Å². The summed E-state index contributed by atoms with van der Waals surface area (Å²) in [6.07, 6.45) is 5.67. The first-order chi connectivity index (χ1) is 7.36.